The molecule has 0 fully saturated rings. The Morgan fingerprint density at radius 2 is 2.12 bits per heavy atom. The van der Waals surface area contributed by atoms with Crippen LogP contribution in [0, 0.1) is 12.7 Å². The van der Waals surface area contributed by atoms with Gasteiger partial charge in [0.1, 0.15) is 11.4 Å². The second-order valence-electron chi connectivity index (χ2n) is 3.48. The smallest absolute Gasteiger partial charge is 0.341 e. The highest BCUT2D eigenvalue weighted by atomic mass is 19.1. The number of fused-ring (bicyclic) bond motifs is 1. The minimum atomic E-state index is -1.33. The number of hydrogen-bond donors (Lipinski definition) is 2. The van der Waals surface area contributed by atoms with Gasteiger partial charge in [0, 0.05) is 17.1 Å². The average Bonchev–Trinajstić information content (AvgIpc) is 2.21. The SMILES string of the molecule is Cc1cc2[nH]cc(C(=O)O)c(=O)c2cc1F. The Morgan fingerprint density at radius 3 is 2.75 bits per heavy atom. The van der Waals surface area contributed by atoms with Crippen LogP contribution in [0.4, 0.5) is 4.39 Å². The van der Waals surface area contributed by atoms with Gasteiger partial charge in [-0.15, -0.1) is 0 Å². The summed E-state index contributed by atoms with van der Waals surface area (Å²) in [5, 5.41) is 8.78. The van der Waals surface area contributed by atoms with E-state index in [9.17, 15) is 14.0 Å². The van der Waals surface area contributed by atoms with E-state index in [2.05, 4.69) is 4.98 Å². The molecule has 16 heavy (non-hydrogen) atoms. The quantitative estimate of drug-likeness (QED) is 0.769. The van der Waals surface area contributed by atoms with Crippen LogP contribution in [0.15, 0.2) is 23.1 Å². The van der Waals surface area contributed by atoms with Crippen LogP contribution < -0.4 is 5.43 Å². The van der Waals surface area contributed by atoms with E-state index in [1.165, 1.54) is 6.07 Å². The molecule has 0 aliphatic heterocycles. The van der Waals surface area contributed by atoms with Crippen molar-refractivity contribution in [3.05, 3.63) is 45.5 Å². The number of aromatic carboxylic acids is 1. The van der Waals surface area contributed by atoms with Crippen molar-refractivity contribution in [3.63, 3.8) is 0 Å². The predicted molar refractivity (Wildman–Crippen MR) is 56.2 cm³/mol. The van der Waals surface area contributed by atoms with Crippen molar-refractivity contribution in [1.29, 1.82) is 0 Å². The monoisotopic (exact) mass is 221 g/mol. The molecular weight excluding hydrogens is 213 g/mol. The molecule has 0 saturated carbocycles. The molecule has 1 heterocycles. The third kappa shape index (κ3) is 1.46. The maximum atomic E-state index is 13.3. The first-order chi connectivity index (χ1) is 7.50. The molecule has 0 unspecified atom stereocenters. The van der Waals surface area contributed by atoms with Crippen LogP contribution in [0.3, 0.4) is 0 Å². The van der Waals surface area contributed by atoms with Gasteiger partial charge in [-0.1, -0.05) is 0 Å². The van der Waals surface area contributed by atoms with Crippen molar-refractivity contribution in [3.8, 4) is 0 Å². The molecule has 2 N–H and O–H groups in total. The molecule has 0 aliphatic rings. The van der Waals surface area contributed by atoms with E-state index in [1.807, 2.05) is 0 Å². The third-order valence-electron chi connectivity index (χ3n) is 2.39. The Hall–Kier alpha value is -2.17. The number of carboxylic acids is 1. The van der Waals surface area contributed by atoms with Crippen LogP contribution in [0.2, 0.25) is 0 Å². The number of aromatic nitrogens is 1. The van der Waals surface area contributed by atoms with Crippen molar-refractivity contribution in [2.24, 2.45) is 0 Å². The van der Waals surface area contributed by atoms with Gasteiger partial charge >= 0.3 is 5.97 Å². The van der Waals surface area contributed by atoms with Gasteiger partial charge in [0.2, 0.25) is 5.43 Å². The van der Waals surface area contributed by atoms with E-state index in [0.29, 0.717) is 11.1 Å². The van der Waals surface area contributed by atoms with E-state index >= 15 is 0 Å². The molecule has 4 nitrogen and oxygen atoms in total. The molecule has 0 saturated heterocycles. The maximum Gasteiger partial charge on any atom is 0.341 e. The first-order valence-corrected chi connectivity index (χ1v) is 4.55. The molecule has 0 aliphatic carbocycles. The largest absolute Gasteiger partial charge is 0.477 e. The van der Waals surface area contributed by atoms with Crippen molar-refractivity contribution in [2.75, 3.05) is 0 Å². The highest BCUT2D eigenvalue weighted by molar-refractivity contribution is 5.92. The fraction of sp³-hybridized carbons (Fsp3) is 0.0909. The molecular formula is C11H8FNO3. The molecule has 0 amide bonds. The highest BCUT2D eigenvalue weighted by Gasteiger charge is 2.12. The number of H-pyrrole nitrogens is 1. The van der Waals surface area contributed by atoms with E-state index in [1.54, 1.807) is 6.92 Å². The van der Waals surface area contributed by atoms with Crippen molar-refractivity contribution >= 4 is 16.9 Å². The fourth-order valence-corrected chi connectivity index (χ4v) is 1.51. The van der Waals surface area contributed by atoms with E-state index < -0.39 is 22.8 Å². The van der Waals surface area contributed by atoms with Gasteiger partial charge < -0.3 is 10.1 Å². The zero-order valence-electron chi connectivity index (χ0n) is 8.37. The van der Waals surface area contributed by atoms with Crippen LogP contribution in [-0.2, 0) is 0 Å². The predicted octanol–water partition coefficient (Wildman–Crippen LogP) is 1.67. The second-order valence-corrected chi connectivity index (χ2v) is 3.48. The number of halogens is 1. The first-order valence-electron chi connectivity index (χ1n) is 4.55. The number of pyridine rings is 1. The van der Waals surface area contributed by atoms with E-state index in [-0.39, 0.29) is 5.39 Å². The number of carbonyl (C=O) groups is 1. The number of aromatic amines is 1. The summed E-state index contributed by atoms with van der Waals surface area (Å²) in [7, 11) is 0. The molecule has 82 valence electrons. The Morgan fingerprint density at radius 1 is 1.44 bits per heavy atom. The minimum absolute atomic E-state index is 0.0444. The standard InChI is InChI=1S/C11H8FNO3/c1-5-2-9-6(3-8(5)12)10(14)7(4-13-9)11(15)16/h2-4H,1H3,(H,13,14)(H,15,16). The van der Waals surface area contributed by atoms with Crippen molar-refractivity contribution in [2.45, 2.75) is 6.92 Å². The molecule has 0 spiro atoms. The van der Waals surface area contributed by atoms with Gasteiger partial charge in [-0.3, -0.25) is 4.79 Å². The second kappa shape index (κ2) is 3.44. The summed E-state index contributed by atoms with van der Waals surface area (Å²) in [6.45, 7) is 1.57. The molecule has 5 heteroatoms. The summed E-state index contributed by atoms with van der Waals surface area (Å²) in [4.78, 5) is 25.0. The van der Waals surface area contributed by atoms with Gasteiger partial charge in [0.25, 0.3) is 0 Å². The lowest BCUT2D eigenvalue weighted by molar-refractivity contribution is 0.0695. The molecule has 0 radical (unpaired) electrons. The molecule has 0 bridgehead atoms. The van der Waals surface area contributed by atoms with Gasteiger partial charge in [-0.05, 0) is 24.6 Å². The average molecular weight is 221 g/mol. The summed E-state index contributed by atoms with van der Waals surface area (Å²) in [6, 6.07) is 2.52. The zero-order chi connectivity index (χ0) is 11.9. The third-order valence-corrected chi connectivity index (χ3v) is 2.39. The van der Waals surface area contributed by atoms with Crippen molar-refractivity contribution in [1.82, 2.24) is 4.98 Å². The van der Waals surface area contributed by atoms with Crippen LogP contribution in [-0.4, -0.2) is 16.1 Å². The van der Waals surface area contributed by atoms with Crippen LogP contribution in [0.25, 0.3) is 10.9 Å². The van der Waals surface area contributed by atoms with E-state index in [4.69, 9.17) is 5.11 Å². The normalized spacial score (nSPS) is 10.6. The number of hydrogen-bond acceptors (Lipinski definition) is 2. The Labute approximate surface area is 89.3 Å². The lowest BCUT2D eigenvalue weighted by Gasteiger charge is -2.02. The van der Waals surface area contributed by atoms with Gasteiger partial charge in [-0.25, -0.2) is 9.18 Å². The Balaban J connectivity index is 2.90. The minimum Gasteiger partial charge on any atom is -0.477 e. The first kappa shape index (κ1) is 10.4. The lowest BCUT2D eigenvalue weighted by Crippen LogP contribution is -2.15. The molecule has 1 aromatic carbocycles. The number of benzene rings is 1. The molecule has 2 aromatic rings. The topological polar surface area (TPSA) is 70.2 Å². The summed E-state index contributed by atoms with van der Waals surface area (Å²) in [5.74, 6) is -1.86. The van der Waals surface area contributed by atoms with Crippen molar-refractivity contribution < 1.29 is 14.3 Å². The van der Waals surface area contributed by atoms with Gasteiger partial charge in [0.15, 0.2) is 0 Å². The number of nitrogens with one attached hydrogen (secondary N) is 1. The van der Waals surface area contributed by atoms with E-state index in [0.717, 1.165) is 12.3 Å². The molecule has 1 aromatic heterocycles. The molecule has 2 rings (SSSR count). The zero-order valence-corrected chi connectivity index (χ0v) is 8.37. The van der Waals surface area contributed by atoms with Crippen LogP contribution in [0.5, 0.6) is 0 Å². The number of aryl methyl sites for hydroxylation is 1. The summed E-state index contributed by atoms with van der Waals surface area (Å²) < 4.78 is 13.3. The highest BCUT2D eigenvalue weighted by Crippen LogP contribution is 2.14. The van der Waals surface area contributed by atoms with Crippen LogP contribution >= 0.6 is 0 Å². The molecule has 0 atom stereocenters. The van der Waals surface area contributed by atoms with Gasteiger partial charge in [0.05, 0.1) is 0 Å². The Kier molecular flexibility index (Phi) is 2.23. The lowest BCUT2D eigenvalue weighted by atomic mass is 10.1. The summed E-state index contributed by atoms with van der Waals surface area (Å²) in [6.07, 6.45) is 1.12. The number of rotatable bonds is 1. The Bertz CT molecular complexity index is 645. The summed E-state index contributed by atoms with van der Waals surface area (Å²) >= 11 is 0. The maximum absolute atomic E-state index is 13.3. The van der Waals surface area contributed by atoms with Crippen LogP contribution in [0.1, 0.15) is 15.9 Å². The fourth-order valence-electron chi connectivity index (χ4n) is 1.51. The number of carboxylic acid groups (broad SMARTS) is 1. The van der Waals surface area contributed by atoms with Gasteiger partial charge in [-0.2, -0.15) is 0 Å². The summed E-state index contributed by atoms with van der Waals surface area (Å²) in [5.41, 5.74) is -0.254.